The van der Waals surface area contributed by atoms with Crippen LogP contribution in [0.4, 0.5) is 34.1 Å². The molecule has 0 radical (unpaired) electrons. The van der Waals surface area contributed by atoms with Gasteiger partial charge in [0.05, 0.1) is 63.1 Å². The molecule has 0 unspecified atom stereocenters. The van der Waals surface area contributed by atoms with Crippen molar-refractivity contribution in [2.45, 2.75) is 132 Å². The monoisotopic (exact) mass is 1370 g/mol. The Kier molecular flexibility index (Phi) is 33.2. The van der Waals surface area contributed by atoms with Gasteiger partial charge < -0.3 is 54.4 Å². The highest BCUT2D eigenvalue weighted by Gasteiger charge is 2.26. The first-order chi connectivity index (χ1) is 45.9. The molecule has 0 aromatic heterocycles. The van der Waals surface area contributed by atoms with Gasteiger partial charge in [0, 0.05) is 103 Å². The number of aromatic hydroxyl groups is 1. The van der Waals surface area contributed by atoms with Crippen molar-refractivity contribution in [3.05, 3.63) is 206 Å². The fourth-order valence-electron chi connectivity index (χ4n) is 11.4. The Bertz CT molecular complexity index is 3950. The van der Waals surface area contributed by atoms with Crippen molar-refractivity contribution < 1.29 is 65.8 Å². The summed E-state index contributed by atoms with van der Waals surface area (Å²) in [5.41, 5.74) is 3.67. The van der Waals surface area contributed by atoms with Gasteiger partial charge in [0.2, 0.25) is 16.8 Å². The van der Waals surface area contributed by atoms with Crippen LogP contribution >= 0.6 is 0 Å². The maximum absolute atomic E-state index is 13.3. The lowest BCUT2D eigenvalue weighted by atomic mass is 9.98. The Morgan fingerprint density at radius 1 is 0.474 bits per heavy atom. The summed E-state index contributed by atoms with van der Waals surface area (Å²) in [7, 11) is -8.71. The summed E-state index contributed by atoms with van der Waals surface area (Å²) in [5, 5.41) is 43.9. The minimum Gasteiger partial charge on any atom is -0.867 e. The van der Waals surface area contributed by atoms with Gasteiger partial charge in [-0.2, -0.15) is 4.58 Å². The molecule has 0 saturated heterocycles. The molecule has 0 spiro atoms. The molecule has 0 aliphatic heterocycles. The number of aliphatic carboxylic acids is 2. The lowest BCUT2D eigenvalue weighted by molar-refractivity contribution is -0.940. The average molecular weight is 1370 g/mol. The Balaban J connectivity index is 0.000000295. The molecule has 0 fully saturated rings. The van der Waals surface area contributed by atoms with E-state index < -0.39 is 60.3 Å². The van der Waals surface area contributed by atoms with Gasteiger partial charge in [-0.15, -0.1) is 0 Å². The number of carboxylic acids is 2. The third kappa shape index (κ3) is 26.9. The van der Waals surface area contributed by atoms with Crippen molar-refractivity contribution in [1.29, 1.82) is 0 Å². The second-order valence-corrected chi connectivity index (χ2v) is 27.4. The van der Waals surface area contributed by atoms with Crippen LogP contribution in [-0.4, -0.2) is 128 Å². The number of benzene rings is 6. The van der Waals surface area contributed by atoms with Crippen molar-refractivity contribution in [3.63, 3.8) is 0 Å². The second kappa shape index (κ2) is 40.0. The van der Waals surface area contributed by atoms with Gasteiger partial charge in [0.15, 0.2) is 5.75 Å². The molecule has 524 valence electrons. The highest BCUT2D eigenvalue weighted by molar-refractivity contribution is 7.85. The average Bonchev–Trinajstić information content (AvgIpc) is 0.752. The molecular formula is C74H96N6O15S2. The van der Waals surface area contributed by atoms with Gasteiger partial charge in [-0.25, -0.2) is 16.8 Å². The Hall–Kier alpha value is -8.84. The molecule has 21 nitrogen and oxygen atoms in total. The highest BCUT2D eigenvalue weighted by atomic mass is 32.2. The number of rotatable bonds is 30. The number of anilines is 4. The summed E-state index contributed by atoms with van der Waals surface area (Å²) < 4.78 is 66.9. The lowest BCUT2D eigenvalue weighted by Gasteiger charge is -2.25. The van der Waals surface area contributed by atoms with E-state index in [4.69, 9.17) is 10.2 Å². The van der Waals surface area contributed by atoms with E-state index in [-0.39, 0.29) is 66.4 Å². The van der Waals surface area contributed by atoms with Crippen LogP contribution in [-0.2, 0) is 29.8 Å². The maximum Gasteiger partial charge on any atom is 0.303 e. The van der Waals surface area contributed by atoms with Gasteiger partial charge in [-0.05, 0) is 160 Å². The van der Waals surface area contributed by atoms with E-state index in [1.165, 1.54) is 25.2 Å². The molecule has 0 aliphatic carbocycles. The number of carbonyl (C=O) groups is 2. The van der Waals surface area contributed by atoms with Gasteiger partial charge in [-0.1, -0.05) is 97.1 Å². The summed E-state index contributed by atoms with van der Waals surface area (Å²) in [6.45, 7) is 26.3. The first kappa shape index (κ1) is 80.6. The Labute approximate surface area is 571 Å². The molecule has 0 bridgehead atoms. The zero-order valence-corrected chi connectivity index (χ0v) is 58.9. The summed E-state index contributed by atoms with van der Waals surface area (Å²) in [4.78, 5) is 64.5. The van der Waals surface area contributed by atoms with E-state index in [2.05, 4.69) is 74.6 Å². The number of carboxylic acid groups (broad SMARTS) is 2. The standard InChI is InChI=1S/C29H28N2O7S.C17H19NO8S.C12H11N.2C8H19N/c32-25(33)13-7-18-30(19-8-20-39(36,37)38)22-16-14-21(15-17-22)26-28(34)27(29(26)35)31(23-9-3-1-4-10-23)24-11-5-2-6-12-24;19-13(20)3-1-8-18(9-2-10-27(24,25)26)12-6-4-11(5-7-12)14-15(21)17(23)16(14)22;1-3-7-11(8-4-1)13-12-9-5-2-6-10-12;2*1-6-9(7(2)3)8(4)5/h1-6,9-12,14-17H,7-8,13,18-20H2,(H2-,32,33,34,35,36,37,38);4-7,21H,1-3,8-10H2,(H,19,20)(H,24,25,26);1-10,13H;2*7-8H,6H2,1-5H3. The minimum atomic E-state index is -4.37. The van der Waals surface area contributed by atoms with Crippen LogP contribution in [0, 0.1) is 0 Å². The van der Waals surface area contributed by atoms with E-state index in [1.54, 1.807) is 60.6 Å². The van der Waals surface area contributed by atoms with Gasteiger partial charge in [0.25, 0.3) is 16.2 Å². The number of quaternary nitrogens is 2. The summed E-state index contributed by atoms with van der Waals surface area (Å²) in [6.07, 6.45) is 0.684. The van der Waals surface area contributed by atoms with E-state index in [9.17, 15) is 60.1 Å². The molecule has 0 heterocycles. The van der Waals surface area contributed by atoms with Crippen molar-refractivity contribution in [2.24, 2.45) is 0 Å². The molecule has 8 rings (SSSR count). The van der Waals surface area contributed by atoms with Crippen LogP contribution in [0.3, 0.4) is 0 Å². The summed E-state index contributed by atoms with van der Waals surface area (Å²) in [6, 6.07) is 54.6. The first-order valence-corrected chi connectivity index (χ1v) is 35.9. The minimum absolute atomic E-state index is 0.0542. The maximum atomic E-state index is 13.3. The fraction of sp³-hybridized carbons (Fsp3) is 0.378. The quantitative estimate of drug-likeness (QED) is 0.0142. The number of hydrogen-bond donors (Lipinski definition) is 6. The van der Waals surface area contributed by atoms with Crippen LogP contribution in [0.1, 0.15) is 108 Å². The number of hydrogen-bond acceptors (Lipinski definition) is 16. The van der Waals surface area contributed by atoms with Crippen LogP contribution in [0.2, 0.25) is 0 Å². The molecule has 0 saturated carbocycles. The number of nitrogens with zero attached hydrogens (tertiary/aromatic N) is 3. The third-order valence-corrected chi connectivity index (χ3v) is 17.5. The van der Waals surface area contributed by atoms with Crippen molar-refractivity contribution in [2.75, 3.05) is 65.9 Å². The largest absolute Gasteiger partial charge is 0.867 e. The predicted octanol–water partition coefficient (Wildman–Crippen LogP) is 7.81. The lowest BCUT2D eigenvalue weighted by Crippen LogP contribution is -3.17. The second-order valence-electron chi connectivity index (χ2n) is 24.4. The van der Waals surface area contributed by atoms with Crippen LogP contribution < -0.4 is 56.2 Å². The van der Waals surface area contributed by atoms with E-state index in [0.717, 1.165) is 35.5 Å². The van der Waals surface area contributed by atoms with Gasteiger partial charge in [0.1, 0.15) is 0 Å². The molecule has 8 aromatic rings. The molecular weight excluding hydrogens is 1280 g/mol. The van der Waals surface area contributed by atoms with Gasteiger partial charge in [-0.3, -0.25) is 24.0 Å². The number of para-hydroxylation sites is 4. The van der Waals surface area contributed by atoms with E-state index in [1.807, 2.05) is 121 Å². The van der Waals surface area contributed by atoms with Crippen LogP contribution in [0.15, 0.2) is 184 Å². The topological polar surface area (TPSA) is 314 Å². The predicted molar refractivity (Wildman–Crippen MR) is 382 cm³/mol. The summed E-state index contributed by atoms with van der Waals surface area (Å²) >= 11 is 0. The molecule has 97 heavy (non-hydrogen) atoms. The highest BCUT2D eigenvalue weighted by Crippen LogP contribution is 2.29. The van der Waals surface area contributed by atoms with Crippen LogP contribution in [0.5, 0.6) is 11.5 Å². The van der Waals surface area contributed by atoms with E-state index >= 15 is 0 Å². The SMILES string of the molecule is CC[NH+](C(C)C)C(C)C.CC[NH+](C(C)C)C(C)C.O=C(O)CCCN(CCCS(=O)(=O)[O-])c1ccc(-c2c(O)c(=O)c2=O)cc1.O=C(O)CCCN(CCCS(=O)(=O)[O-])c1ccc(-c2c([O-])c(=[N+](c3ccccc3)c3ccccc3)c2=O)cc1.c1ccc(Nc2ccccc2)cc1. The van der Waals surface area contributed by atoms with Crippen molar-refractivity contribution in [1.82, 2.24) is 4.58 Å². The Morgan fingerprint density at radius 3 is 1.07 bits per heavy atom. The van der Waals surface area contributed by atoms with Gasteiger partial charge >= 0.3 is 11.9 Å². The fourth-order valence-corrected chi connectivity index (χ4v) is 12.3. The first-order valence-electron chi connectivity index (χ1n) is 32.7. The van der Waals surface area contributed by atoms with Crippen LogP contribution in [0.25, 0.3) is 22.3 Å². The molecule has 23 heteroatoms. The number of nitrogens with one attached hydrogen (secondary N) is 3. The zero-order valence-electron chi connectivity index (χ0n) is 57.3. The molecule has 0 atom stereocenters. The normalized spacial score (nSPS) is 11.3. The molecule has 0 aliphatic rings. The molecule has 8 aromatic carbocycles. The molecule has 0 amide bonds. The summed E-state index contributed by atoms with van der Waals surface area (Å²) in [5.74, 6) is -3.91. The zero-order chi connectivity index (χ0) is 72.0. The molecule has 6 N–H and O–H groups in total. The Morgan fingerprint density at radius 2 is 0.794 bits per heavy atom. The van der Waals surface area contributed by atoms with Crippen molar-refractivity contribution in [3.8, 4) is 33.8 Å². The smallest absolute Gasteiger partial charge is 0.303 e. The van der Waals surface area contributed by atoms with Crippen molar-refractivity contribution >= 4 is 66.3 Å². The van der Waals surface area contributed by atoms with E-state index in [0.29, 0.717) is 59.8 Å². The third-order valence-electron chi connectivity index (χ3n) is 16.0.